The van der Waals surface area contributed by atoms with Gasteiger partial charge in [-0.1, -0.05) is 6.92 Å². The minimum Gasteiger partial charge on any atom is -0.381 e. The molecule has 0 aliphatic carbocycles. The van der Waals surface area contributed by atoms with Gasteiger partial charge in [0.2, 0.25) is 0 Å². The van der Waals surface area contributed by atoms with Crippen LogP contribution in [0, 0.1) is 0 Å². The lowest BCUT2D eigenvalue weighted by Crippen LogP contribution is -2.30. The average molecular weight is 291 g/mol. The predicted octanol–water partition coefficient (Wildman–Crippen LogP) is 1.50. The molecular weight excluding hydrogens is 272 g/mol. The molecule has 6 heteroatoms. The molecule has 0 aliphatic rings. The molecule has 3 N–H and O–H groups in total. The van der Waals surface area contributed by atoms with Crippen molar-refractivity contribution in [3.05, 3.63) is 16.4 Å². The van der Waals surface area contributed by atoms with Crippen molar-refractivity contribution in [3.63, 3.8) is 0 Å². The van der Waals surface area contributed by atoms with E-state index < -0.39 is 0 Å². The lowest BCUT2D eigenvalue weighted by atomic mass is 10.1. The second-order valence-electron chi connectivity index (χ2n) is 3.62. The second kappa shape index (κ2) is 7.01. The van der Waals surface area contributed by atoms with Crippen molar-refractivity contribution in [3.8, 4) is 0 Å². The summed E-state index contributed by atoms with van der Waals surface area (Å²) in [7, 11) is 1.90. The van der Waals surface area contributed by atoms with Crippen molar-refractivity contribution in [2.75, 3.05) is 13.2 Å². The first-order valence-electron chi connectivity index (χ1n) is 5.42. The number of aromatic nitrogens is 2. The first-order chi connectivity index (χ1) is 7.70. The van der Waals surface area contributed by atoms with Crippen LogP contribution >= 0.6 is 15.9 Å². The predicted molar refractivity (Wildman–Crippen MR) is 66.7 cm³/mol. The third-order valence-electron chi connectivity index (χ3n) is 2.37. The molecule has 16 heavy (non-hydrogen) atoms. The van der Waals surface area contributed by atoms with E-state index in [0.29, 0.717) is 6.61 Å². The van der Waals surface area contributed by atoms with Crippen LogP contribution < -0.4 is 11.3 Å². The van der Waals surface area contributed by atoms with Crippen LogP contribution in [0.5, 0.6) is 0 Å². The van der Waals surface area contributed by atoms with Gasteiger partial charge in [0.25, 0.3) is 0 Å². The maximum atomic E-state index is 5.55. The minimum absolute atomic E-state index is 0.0544. The highest BCUT2D eigenvalue weighted by molar-refractivity contribution is 9.10. The number of aryl methyl sites for hydroxylation is 1. The normalized spacial score (nSPS) is 13.0. The van der Waals surface area contributed by atoms with Crippen molar-refractivity contribution < 1.29 is 4.74 Å². The highest BCUT2D eigenvalue weighted by Crippen LogP contribution is 2.24. The summed E-state index contributed by atoms with van der Waals surface area (Å²) < 4.78 is 8.23. The van der Waals surface area contributed by atoms with Crippen LogP contribution in [-0.4, -0.2) is 23.0 Å². The van der Waals surface area contributed by atoms with E-state index in [0.717, 1.165) is 29.6 Å². The summed E-state index contributed by atoms with van der Waals surface area (Å²) in [5.74, 6) is 5.55. The molecule has 0 aliphatic heterocycles. The molecular formula is C10H19BrN4O. The first-order valence-corrected chi connectivity index (χ1v) is 6.21. The lowest BCUT2D eigenvalue weighted by Gasteiger charge is -2.16. The number of ether oxygens (including phenoxy) is 1. The van der Waals surface area contributed by atoms with Gasteiger partial charge in [0, 0.05) is 20.3 Å². The Morgan fingerprint density at radius 1 is 1.62 bits per heavy atom. The SMILES string of the molecule is CCCOCCC(NN)c1c(Br)cnn1C. The molecule has 1 rings (SSSR count). The maximum Gasteiger partial charge on any atom is 0.0706 e. The number of hydrogen-bond acceptors (Lipinski definition) is 4. The van der Waals surface area contributed by atoms with Gasteiger partial charge < -0.3 is 4.74 Å². The largest absolute Gasteiger partial charge is 0.381 e. The summed E-state index contributed by atoms with van der Waals surface area (Å²) in [6, 6.07) is 0.0544. The Hall–Kier alpha value is -0.430. The molecule has 0 saturated heterocycles. The zero-order valence-corrected chi connectivity index (χ0v) is 11.3. The molecule has 0 amide bonds. The molecule has 0 radical (unpaired) electrons. The van der Waals surface area contributed by atoms with Gasteiger partial charge in [-0.25, -0.2) is 0 Å². The van der Waals surface area contributed by atoms with E-state index in [2.05, 4.69) is 33.4 Å². The summed E-state index contributed by atoms with van der Waals surface area (Å²) >= 11 is 3.46. The van der Waals surface area contributed by atoms with E-state index in [4.69, 9.17) is 10.6 Å². The van der Waals surface area contributed by atoms with Crippen LogP contribution in [0.25, 0.3) is 0 Å². The fourth-order valence-corrected chi connectivity index (χ4v) is 2.18. The Bertz CT molecular complexity index is 296. The molecule has 1 aromatic rings. The van der Waals surface area contributed by atoms with Crippen LogP contribution in [0.15, 0.2) is 10.7 Å². The molecule has 1 unspecified atom stereocenters. The molecule has 5 nitrogen and oxygen atoms in total. The average Bonchev–Trinajstić information content (AvgIpc) is 2.60. The van der Waals surface area contributed by atoms with E-state index >= 15 is 0 Å². The fourth-order valence-electron chi connectivity index (χ4n) is 1.56. The molecule has 1 atom stereocenters. The number of nitrogens with two attached hydrogens (primary N) is 1. The van der Waals surface area contributed by atoms with Gasteiger partial charge in [-0.2, -0.15) is 5.10 Å². The van der Waals surface area contributed by atoms with Gasteiger partial charge in [-0.3, -0.25) is 16.0 Å². The highest BCUT2D eigenvalue weighted by Gasteiger charge is 2.17. The quantitative estimate of drug-likeness (QED) is 0.454. The molecule has 92 valence electrons. The van der Waals surface area contributed by atoms with Crippen molar-refractivity contribution in [1.29, 1.82) is 0 Å². The number of nitrogens with zero attached hydrogens (tertiary/aromatic N) is 2. The summed E-state index contributed by atoms with van der Waals surface area (Å²) in [6.45, 7) is 3.58. The van der Waals surface area contributed by atoms with E-state index in [1.807, 2.05) is 11.7 Å². The zero-order chi connectivity index (χ0) is 12.0. The van der Waals surface area contributed by atoms with Crippen LogP contribution in [0.2, 0.25) is 0 Å². The molecule has 1 heterocycles. The number of rotatable bonds is 7. The fraction of sp³-hybridized carbons (Fsp3) is 0.700. The molecule has 0 fully saturated rings. The molecule has 0 saturated carbocycles. The lowest BCUT2D eigenvalue weighted by molar-refractivity contribution is 0.124. The number of hydrogen-bond donors (Lipinski definition) is 2. The molecule has 0 aromatic carbocycles. The summed E-state index contributed by atoms with van der Waals surface area (Å²) in [4.78, 5) is 0. The van der Waals surface area contributed by atoms with Gasteiger partial charge in [0.1, 0.15) is 0 Å². The monoisotopic (exact) mass is 290 g/mol. The van der Waals surface area contributed by atoms with Crippen LogP contribution in [0.1, 0.15) is 31.5 Å². The molecule has 1 aromatic heterocycles. The van der Waals surface area contributed by atoms with Gasteiger partial charge in [0.15, 0.2) is 0 Å². The number of nitrogens with one attached hydrogen (secondary N) is 1. The minimum atomic E-state index is 0.0544. The first kappa shape index (κ1) is 13.6. The Balaban J connectivity index is 2.54. The standard InChI is InChI=1S/C10H19BrN4O/c1-3-5-16-6-4-9(14-12)10-8(11)7-13-15(10)2/h7,9,14H,3-6,12H2,1-2H3. The van der Waals surface area contributed by atoms with Gasteiger partial charge in [-0.05, 0) is 28.8 Å². The van der Waals surface area contributed by atoms with Crippen LogP contribution in [0.3, 0.4) is 0 Å². The maximum absolute atomic E-state index is 5.55. The summed E-state index contributed by atoms with van der Waals surface area (Å²) in [5.41, 5.74) is 3.84. The third kappa shape index (κ3) is 3.55. The van der Waals surface area contributed by atoms with Gasteiger partial charge in [0.05, 0.1) is 22.4 Å². The molecule has 0 spiro atoms. The van der Waals surface area contributed by atoms with E-state index in [1.54, 1.807) is 6.20 Å². The second-order valence-corrected chi connectivity index (χ2v) is 4.48. The van der Waals surface area contributed by atoms with E-state index in [1.165, 1.54) is 0 Å². The highest BCUT2D eigenvalue weighted by atomic mass is 79.9. The Labute approximate surface area is 104 Å². The number of hydrazine groups is 1. The Morgan fingerprint density at radius 3 is 2.88 bits per heavy atom. The van der Waals surface area contributed by atoms with Crippen molar-refractivity contribution >= 4 is 15.9 Å². The van der Waals surface area contributed by atoms with Crippen LogP contribution in [0.4, 0.5) is 0 Å². The van der Waals surface area contributed by atoms with Crippen molar-refractivity contribution in [2.45, 2.75) is 25.8 Å². The van der Waals surface area contributed by atoms with Gasteiger partial charge >= 0.3 is 0 Å². The number of halogens is 1. The van der Waals surface area contributed by atoms with E-state index in [-0.39, 0.29) is 6.04 Å². The Kier molecular flexibility index (Phi) is 5.97. The van der Waals surface area contributed by atoms with Crippen molar-refractivity contribution in [1.82, 2.24) is 15.2 Å². The summed E-state index contributed by atoms with van der Waals surface area (Å²) in [5, 5.41) is 4.16. The zero-order valence-electron chi connectivity index (χ0n) is 9.74. The third-order valence-corrected chi connectivity index (χ3v) is 2.98. The molecule has 0 bridgehead atoms. The van der Waals surface area contributed by atoms with Crippen molar-refractivity contribution in [2.24, 2.45) is 12.9 Å². The smallest absolute Gasteiger partial charge is 0.0706 e. The Morgan fingerprint density at radius 2 is 2.38 bits per heavy atom. The van der Waals surface area contributed by atoms with E-state index in [9.17, 15) is 0 Å². The topological polar surface area (TPSA) is 65.1 Å². The van der Waals surface area contributed by atoms with Gasteiger partial charge in [-0.15, -0.1) is 0 Å². The summed E-state index contributed by atoms with van der Waals surface area (Å²) in [6.07, 6.45) is 3.64. The van der Waals surface area contributed by atoms with Crippen LogP contribution in [-0.2, 0) is 11.8 Å².